The van der Waals surface area contributed by atoms with Gasteiger partial charge in [-0.2, -0.15) is 4.33 Å². The van der Waals surface area contributed by atoms with E-state index >= 15 is 0 Å². The second-order valence-electron chi connectivity index (χ2n) is 10.7. The van der Waals surface area contributed by atoms with Crippen molar-refractivity contribution in [3.05, 3.63) is 59.9 Å². The van der Waals surface area contributed by atoms with Crippen LogP contribution in [0.5, 0.6) is 0 Å². The van der Waals surface area contributed by atoms with Crippen molar-refractivity contribution in [2.75, 3.05) is 42.6 Å². The first-order valence-corrected chi connectivity index (χ1v) is 17.1. The van der Waals surface area contributed by atoms with E-state index in [-0.39, 0.29) is 42.9 Å². The monoisotopic (exact) mass is 680 g/mol. The summed E-state index contributed by atoms with van der Waals surface area (Å²) in [5, 5.41) is 44.4. The van der Waals surface area contributed by atoms with E-state index in [0.717, 1.165) is 17.7 Å². The fraction of sp³-hybridized carbons (Fsp3) is 0.467. The average molecular weight is 681 g/mol. The quantitative estimate of drug-likeness (QED) is 0.0460. The standard InChI is InChI=1S/C30H38N2O12S2/c33-25(34)5-1-15-31(17-3-19-45-44-43-39)23-11-7-21(8-12-23)27-29(37)28(30(27)38)22-9-13-24(14-10-22)32(16-2-6-26(35)36)18-4-20-46(40,41)42/h7-14,22,28H,1-6,15-20H2,(H4-,33,34,35,36,37,38,39,40,41,42)/p-2. The molecule has 2 N–H and O–H groups in total. The highest BCUT2D eigenvalue weighted by molar-refractivity contribution is 7.94. The van der Waals surface area contributed by atoms with Gasteiger partial charge in [-0.05, 0) is 30.5 Å². The number of ketones is 1. The van der Waals surface area contributed by atoms with Crippen molar-refractivity contribution in [1.82, 2.24) is 0 Å². The van der Waals surface area contributed by atoms with Crippen molar-refractivity contribution >= 4 is 56.9 Å². The molecule has 1 unspecified atom stereocenters. The maximum absolute atomic E-state index is 13.2. The highest BCUT2D eigenvalue weighted by Crippen LogP contribution is 2.41. The molecular formula is C30H36N2O12S2-2. The van der Waals surface area contributed by atoms with Gasteiger partial charge in [-0.15, -0.1) is 5.76 Å². The van der Waals surface area contributed by atoms with Gasteiger partial charge in [0, 0.05) is 91.1 Å². The first-order valence-electron chi connectivity index (χ1n) is 14.7. The predicted molar refractivity (Wildman–Crippen MR) is 163 cm³/mol. The number of rotatable bonds is 21. The zero-order chi connectivity index (χ0) is 33.7. The largest absolute Gasteiger partial charge is 0.874 e. The molecule has 0 fully saturated rings. The first kappa shape index (κ1) is 36.9. The summed E-state index contributed by atoms with van der Waals surface area (Å²) in [5.74, 6) is -3.92. The second kappa shape index (κ2) is 18.0. The molecule has 14 nitrogen and oxygen atoms in total. The topological polar surface area (TPSA) is 220 Å². The Labute approximate surface area is 271 Å². The number of carbonyl (C=O) groups is 3. The summed E-state index contributed by atoms with van der Waals surface area (Å²) < 4.78 is 39.1. The Morgan fingerprint density at radius 2 is 1.57 bits per heavy atom. The van der Waals surface area contributed by atoms with E-state index in [2.05, 4.69) is 9.37 Å². The van der Waals surface area contributed by atoms with E-state index in [4.69, 9.17) is 10.2 Å². The summed E-state index contributed by atoms with van der Waals surface area (Å²) in [4.78, 5) is 37.1. The molecule has 0 aromatic heterocycles. The van der Waals surface area contributed by atoms with E-state index in [1.807, 2.05) is 4.90 Å². The number of carboxylic acids is 2. The highest BCUT2D eigenvalue weighted by atomic mass is 32.2. The van der Waals surface area contributed by atoms with Gasteiger partial charge in [0.2, 0.25) is 0 Å². The lowest BCUT2D eigenvalue weighted by Gasteiger charge is -2.40. The molecule has 2 aliphatic rings. The maximum atomic E-state index is 13.2. The Balaban J connectivity index is 1.70. The van der Waals surface area contributed by atoms with Gasteiger partial charge in [-0.25, -0.2) is 13.0 Å². The number of aliphatic carboxylic acids is 2. The molecule has 1 atom stereocenters. The highest BCUT2D eigenvalue weighted by Gasteiger charge is 2.38. The molecule has 0 saturated carbocycles. The van der Waals surface area contributed by atoms with Crippen LogP contribution in [0.25, 0.3) is 5.57 Å². The normalized spacial score (nSPS) is 17.7. The van der Waals surface area contributed by atoms with E-state index in [0.29, 0.717) is 55.9 Å². The van der Waals surface area contributed by atoms with Crippen LogP contribution in [0.2, 0.25) is 0 Å². The SMILES string of the molecule is O=C(O)CCCN(CCCSOO[O-])c1ccc(C2=C([O-])C(C3C=CC(=[N+](CCCC(=O)O)CCCS(=O)(=O)[O-])C=C3)C2=O)cc1. The second-order valence-corrected chi connectivity index (χ2v) is 13.0. The van der Waals surface area contributed by atoms with Crippen LogP contribution in [0.1, 0.15) is 44.1 Å². The third-order valence-electron chi connectivity index (χ3n) is 7.50. The first-order chi connectivity index (χ1) is 21.9. The number of benzene rings is 1. The minimum Gasteiger partial charge on any atom is -0.874 e. The summed E-state index contributed by atoms with van der Waals surface area (Å²) in [6.07, 6.45) is 8.15. The molecule has 16 heteroatoms. The zero-order valence-electron chi connectivity index (χ0n) is 24.9. The summed E-state index contributed by atoms with van der Waals surface area (Å²) >= 11 is 0.860. The lowest BCUT2D eigenvalue weighted by molar-refractivity contribution is -0.777. The third-order valence-corrected chi connectivity index (χ3v) is 8.89. The van der Waals surface area contributed by atoms with Crippen molar-refractivity contribution in [3.63, 3.8) is 0 Å². The number of anilines is 1. The molecular weight excluding hydrogens is 644 g/mol. The molecule has 0 saturated heterocycles. The van der Waals surface area contributed by atoms with Crippen LogP contribution in [-0.4, -0.2) is 88.9 Å². The van der Waals surface area contributed by atoms with Crippen molar-refractivity contribution in [1.29, 1.82) is 0 Å². The van der Waals surface area contributed by atoms with Gasteiger partial charge in [0.1, 0.15) is 13.1 Å². The van der Waals surface area contributed by atoms with Gasteiger partial charge in [0.25, 0.3) is 0 Å². The average Bonchev–Trinajstić information content (AvgIpc) is 2.99. The fourth-order valence-corrected chi connectivity index (χ4v) is 6.14. The number of allylic oxidation sites excluding steroid dienone is 6. The van der Waals surface area contributed by atoms with Crippen LogP contribution >= 0.6 is 12.0 Å². The van der Waals surface area contributed by atoms with Crippen LogP contribution in [0.15, 0.2) is 54.3 Å². The van der Waals surface area contributed by atoms with Crippen LogP contribution in [-0.2, 0) is 33.9 Å². The Kier molecular flexibility index (Phi) is 14.4. The fourth-order valence-electron chi connectivity index (χ4n) is 5.30. The molecule has 0 aliphatic heterocycles. The molecule has 1 aromatic rings. The molecule has 1 aromatic carbocycles. The van der Waals surface area contributed by atoms with Crippen molar-refractivity contribution in [2.45, 2.75) is 38.5 Å². The smallest absolute Gasteiger partial charge is 0.303 e. The molecule has 0 amide bonds. The van der Waals surface area contributed by atoms with E-state index in [1.165, 1.54) is 0 Å². The predicted octanol–water partition coefficient (Wildman–Crippen LogP) is 0.886. The van der Waals surface area contributed by atoms with Crippen molar-refractivity contribution in [2.24, 2.45) is 11.8 Å². The van der Waals surface area contributed by atoms with E-state index in [1.54, 1.807) is 53.1 Å². The summed E-state index contributed by atoms with van der Waals surface area (Å²) in [6.45, 7) is 1.53. The van der Waals surface area contributed by atoms with Gasteiger partial charge < -0.3 is 30.0 Å². The number of carboxylic acid groups (broad SMARTS) is 2. The van der Waals surface area contributed by atoms with Gasteiger partial charge in [-0.1, -0.05) is 24.3 Å². The number of Topliss-reactive ketones (excluding diaryl/α,β-unsaturated/α-hetero) is 1. The number of hydrogen-bond acceptors (Lipinski definition) is 12. The van der Waals surface area contributed by atoms with Crippen LogP contribution in [0.4, 0.5) is 5.69 Å². The Hall–Kier alpha value is -3.54. The summed E-state index contributed by atoms with van der Waals surface area (Å²) in [6, 6.07) is 6.89. The molecule has 252 valence electrons. The lowest BCUT2D eigenvalue weighted by atomic mass is 9.71. The zero-order valence-corrected chi connectivity index (χ0v) is 26.6. The van der Waals surface area contributed by atoms with E-state index < -0.39 is 39.6 Å². The summed E-state index contributed by atoms with van der Waals surface area (Å²) in [7, 11) is -4.39. The van der Waals surface area contributed by atoms with Gasteiger partial charge in [0.15, 0.2) is 11.5 Å². The molecule has 0 bridgehead atoms. The minimum absolute atomic E-state index is 0.00337. The number of carbonyl (C=O) groups excluding carboxylic acids is 1. The number of nitrogens with zero attached hydrogens (tertiary/aromatic N) is 2. The lowest BCUT2D eigenvalue weighted by Crippen LogP contribution is -2.41. The van der Waals surface area contributed by atoms with Gasteiger partial charge >= 0.3 is 11.9 Å². The van der Waals surface area contributed by atoms with Crippen LogP contribution in [0.3, 0.4) is 0 Å². The molecule has 0 radical (unpaired) electrons. The van der Waals surface area contributed by atoms with Gasteiger partial charge in [0.05, 0.1) is 16.5 Å². The molecule has 2 aliphatic carbocycles. The third kappa shape index (κ3) is 11.4. The molecule has 0 spiro atoms. The van der Waals surface area contributed by atoms with Crippen LogP contribution < -0.4 is 15.3 Å². The maximum Gasteiger partial charge on any atom is 0.303 e. The van der Waals surface area contributed by atoms with Crippen molar-refractivity contribution in [3.8, 4) is 0 Å². The Morgan fingerprint density at radius 3 is 2.15 bits per heavy atom. The van der Waals surface area contributed by atoms with E-state index in [9.17, 15) is 37.7 Å². The Bertz CT molecular complexity index is 1450. The molecule has 46 heavy (non-hydrogen) atoms. The summed E-state index contributed by atoms with van der Waals surface area (Å²) in [5.41, 5.74) is 2.01. The minimum atomic E-state index is -4.39. The Morgan fingerprint density at radius 1 is 0.957 bits per heavy atom. The number of hydrogen-bond donors (Lipinski definition) is 2. The van der Waals surface area contributed by atoms with Gasteiger partial charge in [-0.3, -0.25) is 19.4 Å². The van der Waals surface area contributed by atoms with Crippen LogP contribution in [0, 0.1) is 11.8 Å². The molecule has 3 rings (SSSR count). The van der Waals surface area contributed by atoms with Crippen molar-refractivity contribution < 1.29 is 61.9 Å². The molecule has 0 heterocycles.